The minimum Gasteiger partial charge on any atom is -0.393 e. The molecule has 4 nitrogen and oxygen atoms in total. The molecule has 90 valence electrons. The third kappa shape index (κ3) is 3.77. The van der Waals surface area contributed by atoms with Gasteiger partial charge in [0.2, 0.25) is 0 Å². The van der Waals surface area contributed by atoms with E-state index in [1.807, 2.05) is 20.0 Å². The zero-order valence-electron chi connectivity index (χ0n) is 10.6. The normalized spacial score (nSPS) is 12.6. The first kappa shape index (κ1) is 12.9. The lowest BCUT2D eigenvalue weighted by molar-refractivity contribution is 0.187. The van der Waals surface area contributed by atoms with Gasteiger partial charge in [-0.15, -0.1) is 0 Å². The first-order chi connectivity index (χ1) is 7.52. The summed E-state index contributed by atoms with van der Waals surface area (Å²) >= 11 is 0. The van der Waals surface area contributed by atoms with Crippen molar-refractivity contribution in [3.8, 4) is 0 Å². The van der Waals surface area contributed by atoms with Gasteiger partial charge in [-0.2, -0.15) is 0 Å². The number of aliphatic hydroxyl groups is 1. The largest absolute Gasteiger partial charge is 0.393 e. The molecule has 0 saturated carbocycles. The standard InChI is InChI=1S/C12H21N3O/c1-5-11-8-12(14-10(3)13-11)15(4)7-6-9(2)16/h8-9,16H,5-7H2,1-4H3. The van der Waals surface area contributed by atoms with Gasteiger partial charge >= 0.3 is 0 Å². The predicted molar refractivity (Wildman–Crippen MR) is 65.7 cm³/mol. The van der Waals surface area contributed by atoms with Crippen molar-refractivity contribution in [2.45, 2.75) is 39.7 Å². The Morgan fingerprint density at radius 2 is 2.12 bits per heavy atom. The summed E-state index contributed by atoms with van der Waals surface area (Å²) in [5.41, 5.74) is 1.06. The second-order valence-electron chi connectivity index (χ2n) is 4.18. The number of aliphatic hydroxyl groups excluding tert-OH is 1. The van der Waals surface area contributed by atoms with Crippen LogP contribution in [0, 0.1) is 6.92 Å². The van der Waals surface area contributed by atoms with Crippen LogP contribution >= 0.6 is 0 Å². The van der Waals surface area contributed by atoms with Gasteiger partial charge in [-0.25, -0.2) is 9.97 Å². The van der Waals surface area contributed by atoms with Gasteiger partial charge in [0.25, 0.3) is 0 Å². The molecule has 1 aromatic rings. The third-order valence-electron chi connectivity index (χ3n) is 2.51. The van der Waals surface area contributed by atoms with Gasteiger partial charge in [0.1, 0.15) is 11.6 Å². The first-order valence-electron chi connectivity index (χ1n) is 5.76. The van der Waals surface area contributed by atoms with Gasteiger partial charge < -0.3 is 10.0 Å². The van der Waals surface area contributed by atoms with Gasteiger partial charge in [0, 0.05) is 25.4 Å². The van der Waals surface area contributed by atoms with Crippen LogP contribution in [-0.2, 0) is 6.42 Å². The molecule has 0 fully saturated rings. The number of aromatic nitrogens is 2. The molecule has 0 aliphatic carbocycles. The van der Waals surface area contributed by atoms with Crippen molar-refractivity contribution in [1.29, 1.82) is 0 Å². The van der Waals surface area contributed by atoms with Gasteiger partial charge in [0.15, 0.2) is 0 Å². The molecule has 0 bridgehead atoms. The Morgan fingerprint density at radius 1 is 1.44 bits per heavy atom. The fourth-order valence-corrected chi connectivity index (χ4v) is 1.48. The molecule has 0 spiro atoms. The van der Waals surface area contributed by atoms with Gasteiger partial charge in [-0.05, 0) is 26.7 Å². The number of hydrogen-bond donors (Lipinski definition) is 1. The lowest BCUT2D eigenvalue weighted by Gasteiger charge is -2.19. The summed E-state index contributed by atoms with van der Waals surface area (Å²) in [6.45, 7) is 6.60. The van der Waals surface area contributed by atoms with E-state index in [4.69, 9.17) is 0 Å². The van der Waals surface area contributed by atoms with Crippen LogP contribution in [0.15, 0.2) is 6.07 Å². The van der Waals surface area contributed by atoms with Crippen molar-refractivity contribution in [3.05, 3.63) is 17.6 Å². The number of anilines is 1. The van der Waals surface area contributed by atoms with Crippen LogP contribution < -0.4 is 4.90 Å². The van der Waals surface area contributed by atoms with Gasteiger partial charge in [-0.3, -0.25) is 0 Å². The van der Waals surface area contributed by atoms with Crippen LogP contribution in [-0.4, -0.2) is 34.8 Å². The predicted octanol–water partition coefficient (Wildman–Crippen LogP) is 1.55. The second-order valence-corrected chi connectivity index (χ2v) is 4.18. The average molecular weight is 223 g/mol. The maximum Gasteiger partial charge on any atom is 0.132 e. The fraction of sp³-hybridized carbons (Fsp3) is 0.667. The monoisotopic (exact) mass is 223 g/mol. The van der Waals surface area contributed by atoms with Crippen molar-refractivity contribution in [3.63, 3.8) is 0 Å². The van der Waals surface area contributed by atoms with Crippen molar-refractivity contribution < 1.29 is 5.11 Å². The summed E-state index contributed by atoms with van der Waals surface area (Å²) in [7, 11) is 1.99. The summed E-state index contributed by atoms with van der Waals surface area (Å²) in [6.07, 6.45) is 1.40. The molecule has 1 rings (SSSR count). The van der Waals surface area contributed by atoms with E-state index in [2.05, 4.69) is 21.8 Å². The fourth-order valence-electron chi connectivity index (χ4n) is 1.48. The summed E-state index contributed by atoms with van der Waals surface area (Å²) in [6, 6.07) is 2.01. The SMILES string of the molecule is CCc1cc(N(C)CCC(C)O)nc(C)n1. The lowest BCUT2D eigenvalue weighted by Crippen LogP contribution is -2.23. The Kier molecular flexibility index (Phi) is 4.68. The molecule has 0 aliphatic rings. The smallest absolute Gasteiger partial charge is 0.132 e. The van der Waals surface area contributed by atoms with E-state index in [9.17, 15) is 5.11 Å². The molecule has 1 heterocycles. The molecule has 1 N–H and O–H groups in total. The number of rotatable bonds is 5. The third-order valence-corrected chi connectivity index (χ3v) is 2.51. The van der Waals surface area contributed by atoms with Gasteiger partial charge in [0.05, 0.1) is 6.10 Å². The minimum absolute atomic E-state index is 0.268. The Hall–Kier alpha value is -1.16. The van der Waals surface area contributed by atoms with Crippen LogP contribution in [0.2, 0.25) is 0 Å². The van der Waals surface area contributed by atoms with E-state index >= 15 is 0 Å². The Balaban J connectivity index is 2.74. The van der Waals surface area contributed by atoms with Crippen LogP contribution in [0.5, 0.6) is 0 Å². The quantitative estimate of drug-likeness (QED) is 0.823. The highest BCUT2D eigenvalue weighted by molar-refractivity contribution is 5.38. The molecule has 0 amide bonds. The Morgan fingerprint density at radius 3 is 2.69 bits per heavy atom. The Labute approximate surface area is 97.3 Å². The molecular weight excluding hydrogens is 202 g/mol. The van der Waals surface area contributed by atoms with E-state index in [1.54, 1.807) is 6.92 Å². The zero-order valence-corrected chi connectivity index (χ0v) is 10.6. The molecule has 16 heavy (non-hydrogen) atoms. The summed E-state index contributed by atoms with van der Waals surface area (Å²) in [5, 5.41) is 9.24. The van der Waals surface area contributed by atoms with Crippen LogP contribution in [0.3, 0.4) is 0 Å². The molecule has 1 unspecified atom stereocenters. The highest BCUT2D eigenvalue weighted by Crippen LogP contribution is 2.12. The van der Waals surface area contributed by atoms with Crippen LogP contribution in [0.25, 0.3) is 0 Å². The molecule has 0 aromatic carbocycles. The zero-order chi connectivity index (χ0) is 12.1. The molecule has 4 heteroatoms. The van der Waals surface area contributed by atoms with E-state index in [0.717, 1.165) is 36.7 Å². The number of aryl methyl sites for hydroxylation is 2. The lowest BCUT2D eigenvalue weighted by atomic mass is 10.2. The first-order valence-corrected chi connectivity index (χ1v) is 5.76. The highest BCUT2D eigenvalue weighted by atomic mass is 16.3. The summed E-state index contributed by atoms with van der Waals surface area (Å²) in [5.74, 6) is 1.74. The molecule has 0 radical (unpaired) electrons. The van der Waals surface area contributed by atoms with Crippen molar-refractivity contribution in [1.82, 2.24) is 9.97 Å². The summed E-state index contributed by atoms with van der Waals surface area (Å²) in [4.78, 5) is 10.8. The molecule has 0 aliphatic heterocycles. The summed E-state index contributed by atoms with van der Waals surface area (Å²) < 4.78 is 0. The Bertz CT molecular complexity index is 339. The van der Waals surface area contributed by atoms with Gasteiger partial charge in [-0.1, -0.05) is 6.92 Å². The van der Waals surface area contributed by atoms with E-state index in [-0.39, 0.29) is 6.10 Å². The average Bonchev–Trinajstić information content (AvgIpc) is 2.24. The van der Waals surface area contributed by atoms with Crippen LogP contribution in [0.1, 0.15) is 31.8 Å². The second kappa shape index (κ2) is 5.80. The molecule has 0 saturated heterocycles. The maximum atomic E-state index is 9.24. The number of nitrogens with zero attached hydrogens (tertiary/aromatic N) is 3. The van der Waals surface area contributed by atoms with E-state index in [0.29, 0.717) is 0 Å². The number of hydrogen-bond acceptors (Lipinski definition) is 4. The highest BCUT2D eigenvalue weighted by Gasteiger charge is 2.06. The van der Waals surface area contributed by atoms with E-state index in [1.165, 1.54) is 0 Å². The van der Waals surface area contributed by atoms with Crippen molar-refractivity contribution in [2.24, 2.45) is 0 Å². The van der Waals surface area contributed by atoms with Crippen LogP contribution in [0.4, 0.5) is 5.82 Å². The minimum atomic E-state index is -0.268. The molecule has 1 atom stereocenters. The maximum absolute atomic E-state index is 9.24. The van der Waals surface area contributed by atoms with Crippen molar-refractivity contribution in [2.75, 3.05) is 18.5 Å². The van der Waals surface area contributed by atoms with E-state index < -0.39 is 0 Å². The molecule has 1 aromatic heterocycles. The molecular formula is C12H21N3O. The topological polar surface area (TPSA) is 49.2 Å². The van der Waals surface area contributed by atoms with Crippen molar-refractivity contribution >= 4 is 5.82 Å².